The Morgan fingerprint density at radius 1 is 1.14 bits per heavy atom. The zero-order chi connectivity index (χ0) is 15.2. The van der Waals surface area contributed by atoms with E-state index < -0.39 is 11.7 Å². The van der Waals surface area contributed by atoms with Crippen molar-refractivity contribution in [2.24, 2.45) is 17.6 Å². The molecule has 1 aromatic carbocycles. The smallest absolute Gasteiger partial charge is 0.370 e. The maximum absolute atomic E-state index is 12.7. The number of alkyl halides is 3. The van der Waals surface area contributed by atoms with E-state index in [0.29, 0.717) is 16.3 Å². The molecule has 116 valence electrons. The molecule has 2 fully saturated rings. The minimum Gasteiger partial charge on any atom is -0.370 e. The molecule has 3 atom stereocenters. The van der Waals surface area contributed by atoms with E-state index in [4.69, 9.17) is 5.73 Å². The molecule has 0 radical (unpaired) electrons. The molecular formula is C15H18BrF3N2. The van der Waals surface area contributed by atoms with Crippen molar-refractivity contribution in [3.05, 3.63) is 28.2 Å². The molecule has 0 spiro atoms. The highest BCUT2D eigenvalue weighted by Crippen LogP contribution is 2.41. The summed E-state index contributed by atoms with van der Waals surface area (Å²) in [6, 6.07) is 4.18. The number of anilines is 1. The van der Waals surface area contributed by atoms with Crippen LogP contribution in [0, 0.1) is 11.8 Å². The lowest BCUT2D eigenvalue weighted by Crippen LogP contribution is -2.32. The number of rotatable bonds is 1. The SMILES string of the molecule is NC1CC[C@@H]2CN(c3ccc(C(F)(F)F)cc3Br)C[C@@H]2C1. The Hall–Kier alpha value is -0.750. The van der Waals surface area contributed by atoms with Gasteiger partial charge in [-0.25, -0.2) is 0 Å². The van der Waals surface area contributed by atoms with Gasteiger partial charge in [-0.05, 0) is 65.2 Å². The maximum atomic E-state index is 12.7. The molecule has 2 nitrogen and oxygen atoms in total. The van der Waals surface area contributed by atoms with Crippen LogP contribution >= 0.6 is 15.9 Å². The summed E-state index contributed by atoms with van der Waals surface area (Å²) in [5.41, 5.74) is 6.26. The summed E-state index contributed by atoms with van der Waals surface area (Å²) >= 11 is 3.29. The Morgan fingerprint density at radius 3 is 2.52 bits per heavy atom. The van der Waals surface area contributed by atoms with E-state index in [1.165, 1.54) is 6.07 Å². The standard InChI is InChI=1S/C15H18BrF3N2/c16-13-6-11(15(17,18)19)2-4-14(13)21-7-9-1-3-12(20)5-10(9)8-21/h2,4,6,9-10,12H,1,3,5,7-8,20H2/t9-,10+,12?/m1/s1. The molecule has 21 heavy (non-hydrogen) atoms. The van der Waals surface area contributed by atoms with Gasteiger partial charge in [0, 0.05) is 23.6 Å². The molecule has 1 unspecified atom stereocenters. The van der Waals surface area contributed by atoms with Gasteiger partial charge >= 0.3 is 6.18 Å². The molecule has 3 rings (SSSR count). The third-order valence-electron chi connectivity index (χ3n) is 4.71. The van der Waals surface area contributed by atoms with E-state index in [-0.39, 0.29) is 6.04 Å². The zero-order valence-corrected chi connectivity index (χ0v) is 13.1. The van der Waals surface area contributed by atoms with E-state index in [1.54, 1.807) is 6.07 Å². The molecule has 0 amide bonds. The molecule has 0 aromatic heterocycles. The topological polar surface area (TPSA) is 29.3 Å². The molecule has 1 aliphatic carbocycles. The van der Waals surface area contributed by atoms with Crippen molar-refractivity contribution in [3.63, 3.8) is 0 Å². The van der Waals surface area contributed by atoms with Crippen LogP contribution in [-0.4, -0.2) is 19.1 Å². The fourth-order valence-electron chi connectivity index (χ4n) is 3.60. The van der Waals surface area contributed by atoms with E-state index in [0.717, 1.165) is 44.1 Å². The molecule has 1 saturated carbocycles. The van der Waals surface area contributed by atoms with Crippen LogP contribution < -0.4 is 10.6 Å². The average Bonchev–Trinajstić information content (AvgIpc) is 2.80. The van der Waals surface area contributed by atoms with Gasteiger partial charge in [0.1, 0.15) is 0 Å². The van der Waals surface area contributed by atoms with Crippen LogP contribution in [0.3, 0.4) is 0 Å². The second kappa shape index (κ2) is 5.47. The van der Waals surface area contributed by atoms with Gasteiger partial charge in [0.15, 0.2) is 0 Å². The van der Waals surface area contributed by atoms with Crippen molar-refractivity contribution >= 4 is 21.6 Å². The fourth-order valence-corrected chi connectivity index (χ4v) is 4.23. The lowest BCUT2D eigenvalue weighted by Gasteiger charge is -2.27. The highest BCUT2D eigenvalue weighted by molar-refractivity contribution is 9.10. The van der Waals surface area contributed by atoms with Gasteiger partial charge in [0.2, 0.25) is 0 Å². The van der Waals surface area contributed by atoms with Crippen LogP contribution in [0.4, 0.5) is 18.9 Å². The quantitative estimate of drug-likeness (QED) is 0.816. The monoisotopic (exact) mass is 362 g/mol. The normalized spacial score (nSPS) is 29.6. The molecule has 6 heteroatoms. The summed E-state index contributed by atoms with van der Waals surface area (Å²) in [6.07, 6.45) is -1.09. The molecule has 2 N–H and O–H groups in total. The van der Waals surface area contributed by atoms with Crippen molar-refractivity contribution in [2.45, 2.75) is 31.5 Å². The van der Waals surface area contributed by atoms with E-state index in [1.807, 2.05) is 0 Å². The van der Waals surface area contributed by atoms with Gasteiger partial charge in [-0.3, -0.25) is 0 Å². The fraction of sp³-hybridized carbons (Fsp3) is 0.600. The molecular weight excluding hydrogens is 345 g/mol. The lowest BCUT2D eigenvalue weighted by molar-refractivity contribution is -0.137. The van der Waals surface area contributed by atoms with Gasteiger partial charge in [-0.2, -0.15) is 13.2 Å². The van der Waals surface area contributed by atoms with Crippen molar-refractivity contribution in [2.75, 3.05) is 18.0 Å². The number of nitrogens with two attached hydrogens (primary N) is 1. The summed E-state index contributed by atoms with van der Waals surface area (Å²) < 4.78 is 38.7. The molecule has 1 aromatic rings. The molecule has 1 heterocycles. The van der Waals surface area contributed by atoms with Gasteiger partial charge in [-0.1, -0.05) is 0 Å². The molecule has 2 aliphatic rings. The van der Waals surface area contributed by atoms with Gasteiger partial charge < -0.3 is 10.6 Å². The first-order chi connectivity index (χ1) is 9.84. The number of halogens is 4. The summed E-state index contributed by atoms with van der Waals surface area (Å²) in [6.45, 7) is 1.81. The predicted octanol–water partition coefficient (Wildman–Crippen LogP) is 4.03. The van der Waals surface area contributed by atoms with Crippen LogP contribution in [0.15, 0.2) is 22.7 Å². The van der Waals surface area contributed by atoms with Gasteiger partial charge in [-0.15, -0.1) is 0 Å². The summed E-state index contributed by atoms with van der Waals surface area (Å²) in [5.74, 6) is 1.20. The van der Waals surface area contributed by atoms with Crippen LogP contribution in [0.25, 0.3) is 0 Å². The van der Waals surface area contributed by atoms with E-state index in [2.05, 4.69) is 20.8 Å². The second-order valence-corrected chi connectivity index (χ2v) is 7.02. The van der Waals surface area contributed by atoms with Crippen molar-refractivity contribution in [3.8, 4) is 0 Å². The Kier molecular flexibility index (Phi) is 3.94. The van der Waals surface area contributed by atoms with E-state index >= 15 is 0 Å². The van der Waals surface area contributed by atoms with Crippen LogP contribution in [0.1, 0.15) is 24.8 Å². The number of fused-ring (bicyclic) bond motifs is 1. The molecule has 0 bridgehead atoms. The highest BCUT2D eigenvalue weighted by atomic mass is 79.9. The zero-order valence-electron chi connectivity index (χ0n) is 11.5. The number of benzene rings is 1. The average molecular weight is 363 g/mol. The summed E-state index contributed by atoms with van der Waals surface area (Å²) in [7, 11) is 0. The Labute approximate surface area is 130 Å². The highest BCUT2D eigenvalue weighted by Gasteiger charge is 2.38. The second-order valence-electron chi connectivity index (χ2n) is 6.16. The Bertz CT molecular complexity index is 532. The minimum atomic E-state index is -4.30. The van der Waals surface area contributed by atoms with Crippen molar-refractivity contribution < 1.29 is 13.2 Å². The predicted molar refractivity (Wildman–Crippen MR) is 80.2 cm³/mol. The number of nitrogens with zero attached hydrogens (tertiary/aromatic N) is 1. The van der Waals surface area contributed by atoms with Gasteiger partial charge in [0.25, 0.3) is 0 Å². The minimum absolute atomic E-state index is 0.280. The van der Waals surface area contributed by atoms with Crippen molar-refractivity contribution in [1.29, 1.82) is 0 Å². The largest absolute Gasteiger partial charge is 0.416 e. The lowest BCUT2D eigenvalue weighted by atomic mass is 9.79. The summed E-state index contributed by atoms with van der Waals surface area (Å²) in [4.78, 5) is 2.19. The first kappa shape index (κ1) is 15.2. The number of hydrogen-bond acceptors (Lipinski definition) is 2. The third kappa shape index (κ3) is 3.06. The third-order valence-corrected chi connectivity index (χ3v) is 5.34. The summed E-state index contributed by atoms with van der Waals surface area (Å²) in [5, 5.41) is 0. The Balaban J connectivity index is 1.79. The van der Waals surface area contributed by atoms with Crippen LogP contribution in [0.5, 0.6) is 0 Å². The maximum Gasteiger partial charge on any atom is 0.416 e. The molecule has 1 aliphatic heterocycles. The first-order valence-electron chi connectivity index (χ1n) is 7.22. The van der Waals surface area contributed by atoms with E-state index in [9.17, 15) is 13.2 Å². The number of hydrogen-bond donors (Lipinski definition) is 1. The first-order valence-corrected chi connectivity index (χ1v) is 8.01. The van der Waals surface area contributed by atoms with Gasteiger partial charge in [0.05, 0.1) is 11.3 Å². The Morgan fingerprint density at radius 2 is 1.86 bits per heavy atom. The molecule has 1 saturated heterocycles. The van der Waals surface area contributed by atoms with Crippen LogP contribution in [-0.2, 0) is 6.18 Å². The van der Waals surface area contributed by atoms with Crippen molar-refractivity contribution in [1.82, 2.24) is 0 Å². The van der Waals surface area contributed by atoms with Crippen LogP contribution in [0.2, 0.25) is 0 Å².